The molecule has 4 nitrogen and oxygen atoms in total. The molecule has 4 heteroatoms. The highest BCUT2D eigenvalue weighted by Crippen LogP contribution is 2.14. The van der Waals surface area contributed by atoms with Crippen LogP contribution in [-0.4, -0.2) is 24.6 Å². The van der Waals surface area contributed by atoms with Crippen LogP contribution >= 0.6 is 0 Å². The van der Waals surface area contributed by atoms with Crippen molar-refractivity contribution in [2.24, 2.45) is 0 Å². The molecule has 0 unspecified atom stereocenters. The minimum Gasteiger partial charge on any atom is -0.465 e. The van der Waals surface area contributed by atoms with E-state index in [0.29, 0.717) is 5.56 Å². The summed E-state index contributed by atoms with van der Waals surface area (Å²) in [6.07, 6.45) is 0. The highest BCUT2D eigenvalue weighted by molar-refractivity contribution is 6.50. The SMILES string of the molecule is COC(=O)c1ccccc1C(=O)C(=O)c1ccc(C)cc1. The Labute approximate surface area is 122 Å². The zero-order chi connectivity index (χ0) is 15.4. The number of ketones is 2. The van der Waals surface area contributed by atoms with Crippen molar-refractivity contribution in [1.82, 2.24) is 0 Å². The molecule has 0 spiro atoms. The topological polar surface area (TPSA) is 60.4 Å². The molecule has 106 valence electrons. The summed E-state index contributed by atoms with van der Waals surface area (Å²) in [7, 11) is 1.23. The van der Waals surface area contributed by atoms with Gasteiger partial charge in [0.1, 0.15) is 0 Å². The molecule has 0 aromatic heterocycles. The number of ether oxygens (including phenoxy) is 1. The maximum absolute atomic E-state index is 12.3. The molecule has 0 N–H and O–H groups in total. The summed E-state index contributed by atoms with van der Waals surface area (Å²) in [5.41, 5.74) is 1.43. The zero-order valence-electron chi connectivity index (χ0n) is 11.8. The van der Waals surface area contributed by atoms with Gasteiger partial charge in [-0.3, -0.25) is 9.59 Å². The molecule has 0 bridgehead atoms. The molecule has 0 saturated carbocycles. The number of methoxy groups -OCH3 is 1. The van der Waals surface area contributed by atoms with Crippen molar-refractivity contribution in [3.8, 4) is 0 Å². The summed E-state index contributed by atoms with van der Waals surface area (Å²) < 4.78 is 4.63. The Morgan fingerprint density at radius 2 is 1.38 bits per heavy atom. The summed E-state index contributed by atoms with van der Waals surface area (Å²) in [5, 5.41) is 0. The van der Waals surface area contributed by atoms with Crippen LogP contribution in [0, 0.1) is 6.92 Å². The van der Waals surface area contributed by atoms with Crippen molar-refractivity contribution in [1.29, 1.82) is 0 Å². The van der Waals surface area contributed by atoms with Crippen molar-refractivity contribution in [3.63, 3.8) is 0 Å². The Bertz CT molecular complexity index is 699. The summed E-state index contributed by atoms with van der Waals surface area (Å²) in [6.45, 7) is 1.89. The molecular weight excluding hydrogens is 268 g/mol. The predicted molar refractivity (Wildman–Crippen MR) is 77.6 cm³/mol. The summed E-state index contributed by atoms with van der Waals surface area (Å²) >= 11 is 0. The molecule has 0 fully saturated rings. The Morgan fingerprint density at radius 1 is 0.810 bits per heavy atom. The molecule has 2 aromatic rings. The summed E-state index contributed by atoms with van der Waals surface area (Å²) in [6, 6.07) is 12.8. The molecule has 0 radical (unpaired) electrons. The van der Waals surface area contributed by atoms with Gasteiger partial charge in [-0.2, -0.15) is 0 Å². The molecule has 0 aliphatic heterocycles. The number of Topliss-reactive ketones (excluding diaryl/α,β-unsaturated/α-hetero) is 2. The lowest BCUT2D eigenvalue weighted by Gasteiger charge is -2.06. The van der Waals surface area contributed by atoms with Gasteiger partial charge >= 0.3 is 5.97 Å². The first kappa shape index (κ1) is 14.7. The fraction of sp³-hybridized carbons (Fsp3) is 0.118. The van der Waals surface area contributed by atoms with E-state index in [9.17, 15) is 14.4 Å². The number of rotatable bonds is 4. The first-order valence-electron chi connectivity index (χ1n) is 6.37. The quantitative estimate of drug-likeness (QED) is 0.491. The van der Waals surface area contributed by atoms with Gasteiger partial charge in [0.25, 0.3) is 0 Å². The van der Waals surface area contributed by atoms with Crippen molar-refractivity contribution < 1.29 is 19.1 Å². The molecule has 2 aromatic carbocycles. The highest BCUT2D eigenvalue weighted by atomic mass is 16.5. The molecule has 0 aliphatic carbocycles. The number of benzene rings is 2. The minimum atomic E-state index is -0.722. The zero-order valence-corrected chi connectivity index (χ0v) is 11.8. The van der Waals surface area contributed by atoms with E-state index in [1.165, 1.54) is 19.2 Å². The average Bonchev–Trinajstić information content (AvgIpc) is 2.53. The van der Waals surface area contributed by atoms with Gasteiger partial charge in [-0.1, -0.05) is 48.0 Å². The number of hydrogen-bond donors (Lipinski definition) is 0. The van der Waals surface area contributed by atoms with Crippen molar-refractivity contribution in [2.75, 3.05) is 7.11 Å². The third-order valence-corrected chi connectivity index (χ3v) is 3.10. The number of carbonyl (C=O) groups is 3. The van der Waals surface area contributed by atoms with E-state index in [0.717, 1.165) is 5.56 Å². The third kappa shape index (κ3) is 3.05. The Kier molecular flexibility index (Phi) is 4.28. The maximum Gasteiger partial charge on any atom is 0.338 e. The Balaban J connectivity index is 2.38. The molecule has 0 atom stereocenters. The molecule has 0 saturated heterocycles. The van der Waals surface area contributed by atoms with Crippen molar-refractivity contribution in [2.45, 2.75) is 6.92 Å². The third-order valence-electron chi connectivity index (χ3n) is 3.10. The van der Waals surface area contributed by atoms with E-state index < -0.39 is 17.5 Å². The van der Waals surface area contributed by atoms with Gasteiger partial charge in [-0.05, 0) is 13.0 Å². The summed E-state index contributed by atoms with van der Waals surface area (Å²) in [4.78, 5) is 36.2. The smallest absolute Gasteiger partial charge is 0.338 e. The normalized spacial score (nSPS) is 10.0. The second kappa shape index (κ2) is 6.13. The van der Waals surface area contributed by atoms with Crippen LogP contribution in [0.3, 0.4) is 0 Å². The van der Waals surface area contributed by atoms with Crippen LogP contribution in [0.15, 0.2) is 48.5 Å². The van der Waals surface area contributed by atoms with E-state index >= 15 is 0 Å². The monoisotopic (exact) mass is 282 g/mol. The van der Waals surface area contributed by atoms with Crippen molar-refractivity contribution in [3.05, 3.63) is 70.8 Å². The number of hydrogen-bond acceptors (Lipinski definition) is 4. The second-order valence-electron chi connectivity index (χ2n) is 4.56. The molecule has 21 heavy (non-hydrogen) atoms. The maximum atomic E-state index is 12.3. The molecule has 2 rings (SSSR count). The van der Waals surface area contributed by atoms with Crippen LogP contribution in [-0.2, 0) is 4.74 Å². The van der Waals surface area contributed by atoms with Crippen LogP contribution < -0.4 is 0 Å². The number of esters is 1. The fourth-order valence-corrected chi connectivity index (χ4v) is 1.93. The lowest BCUT2D eigenvalue weighted by Crippen LogP contribution is -2.18. The van der Waals surface area contributed by atoms with Crippen LogP contribution in [0.1, 0.15) is 36.6 Å². The Hall–Kier alpha value is -2.75. The summed E-state index contributed by atoms with van der Waals surface area (Å²) in [5.74, 6) is -2.01. The number of carbonyl (C=O) groups excluding carboxylic acids is 3. The van der Waals surface area contributed by atoms with Gasteiger partial charge in [-0.15, -0.1) is 0 Å². The van der Waals surface area contributed by atoms with Crippen LogP contribution in [0.5, 0.6) is 0 Å². The van der Waals surface area contributed by atoms with Gasteiger partial charge < -0.3 is 4.74 Å². The first-order chi connectivity index (χ1) is 10.0. The van der Waals surface area contributed by atoms with E-state index in [-0.39, 0.29) is 11.1 Å². The van der Waals surface area contributed by atoms with Gasteiger partial charge in [0, 0.05) is 11.1 Å². The van der Waals surface area contributed by atoms with Gasteiger partial charge in [-0.25, -0.2) is 4.79 Å². The second-order valence-corrected chi connectivity index (χ2v) is 4.56. The fourth-order valence-electron chi connectivity index (χ4n) is 1.93. The van der Waals surface area contributed by atoms with Crippen LogP contribution in [0.4, 0.5) is 0 Å². The molecule has 0 heterocycles. The largest absolute Gasteiger partial charge is 0.465 e. The number of aryl methyl sites for hydroxylation is 1. The van der Waals surface area contributed by atoms with Crippen molar-refractivity contribution >= 4 is 17.5 Å². The van der Waals surface area contributed by atoms with E-state index in [1.807, 2.05) is 6.92 Å². The van der Waals surface area contributed by atoms with E-state index in [4.69, 9.17) is 0 Å². The van der Waals surface area contributed by atoms with Crippen LogP contribution in [0.2, 0.25) is 0 Å². The Morgan fingerprint density at radius 3 is 1.95 bits per heavy atom. The van der Waals surface area contributed by atoms with Gasteiger partial charge in [0.05, 0.1) is 12.7 Å². The van der Waals surface area contributed by atoms with Crippen LogP contribution in [0.25, 0.3) is 0 Å². The lowest BCUT2D eigenvalue weighted by atomic mass is 9.97. The lowest BCUT2D eigenvalue weighted by molar-refractivity contribution is 0.0597. The highest BCUT2D eigenvalue weighted by Gasteiger charge is 2.23. The predicted octanol–water partition coefficient (Wildman–Crippen LogP) is 2.85. The average molecular weight is 282 g/mol. The first-order valence-corrected chi connectivity index (χ1v) is 6.37. The molecular formula is C17H14O4. The van der Waals surface area contributed by atoms with E-state index in [1.54, 1.807) is 36.4 Å². The van der Waals surface area contributed by atoms with Gasteiger partial charge in [0.15, 0.2) is 0 Å². The molecule has 0 aliphatic rings. The standard InChI is InChI=1S/C17H14O4/c1-11-7-9-12(10-8-11)15(18)16(19)13-5-3-4-6-14(13)17(20)21-2/h3-10H,1-2H3. The van der Waals surface area contributed by atoms with Gasteiger partial charge in [0.2, 0.25) is 11.6 Å². The minimum absolute atomic E-state index is 0.0509. The van der Waals surface area contributed by atoms with E-state index in [2.05, 4.69) is 4.74 Å². The molecule has 0 amide bonds.